The third-order valence-corrected chi connectivity index (χ3v) is 1.85. The maximum Gasteiger partial charge on any atom is 0.0981 e. The van der Waals surface area contributed by atoms with Gasteiger partial charge in [0.05, 0.1) is 6.17 Å². The molecule has 2 aliphatic rings. The molecule has 2 heteroatoms. The van der Waals surface area contributed by atoms with E-state index in [4.69, 9.17) is 0 Å². The van der Waals surface area contributed by atoms with Crippen LogP contribution >= 0.6 is 0 Å². The smallest absolute Gasteiger partial charge is 0.0981 e. The van der Waals surface area contributed by atoms with Crippen molar-refractivity contribution in [1.29, 1.82) is 0 Å². The molecule has 2 nitrogen and oxygen atoms in total. The number of nitrogens with one attached hydrogen (secondary N) is 1. The molecule has 0 aromatic carbocycles. The number of fused-ring (bicyclic) bond motifs is 1. The van der Waals surface area contributed by atoms with Crippen LogP contribution in [0.15, 0.2) is 12.4 Å². The maximum absolute atomic E-state index is 3.26. The van der Waals surface area contributed by atoms with E-state index in [0.29, 0.717) is 6.17 Å². The van der Waals surface area contributed by atoms with E-state index in [1.165, 1.54) is 19.4 Å². The van der Waals surface area contributed by atoms with Crippen LogP contribution in [0.2, 0.25) is 0 Å². The van der Waals surface area contributed by atoms with Crippen molar-refractivity contribution in [3.63, 3.8) is 0 Å². The Morgan fingerprint density at radius 2 is 2.62 bits per heavy atom. The van der Waals surface area contributed by atoms with E-state index in [-0.39, 0.29) is 0 Å². The number of hydrogen-bond acceptors (Lipinski definition) is 2. The van der Waals surface area contributed by atoms with Crippen LogP contribution in [0.25, 0.3) is 0 Å². The fourth-order valence-corrected chi connectivity index (χ4v) is 1.40. The summed E-state index contributed by atoms with van der Waals surface area (Å²) in [7, 11) is 0. The van der Waals surface area contributed by atoms with E-state index in [1.807, 2.05) is 6.20 Å². The van der Waals surface area contributed by atoms with E-state index in [0.717, 1.165) is 0 Å². The summed E-state index contributed by atoms with van der Waals surface area (Å²) in [6.07, 6.45) is 7.48. The van der Waals surface area contributed by atoms with Crippen molar-refractivity contribution >= 4 is 0 Å². The van der Waals surface area contributed by atoms with E-state index >= 15 is 0 Å². The van der Waals surface area contributed by atoms with Crippen LogP contribution < -0.4 is 5.32 Å². The zero-order valence-electron chi connectivity index (χ0n) is 4.80. The molecule has 2 aliphatic heterocycles. The van der Waals surface area contributed by atoms with Crippen molar-refractivity contribution in [2.75, 3.05) is 6.54 Å². The minimum absolute atomic E-state index is 0.648. The molecule has 0 bridgehead atoms. The molecule has 2 heterocycles. The second-order valence-corrected chi connectivity index (χ2v) is 2.38. The molecule has 1 N–H and O–H groups in total. The summed E-state index contributed by atoms with van der Waals surface area (Å²) in [5, 5.41) is 3.26. The normalized spacial score (nSPS) is 33.0. The number of hydrogen-bond donors (Lipinski definition) is 1. The van der Waals surface area contributed by atoms with Crippen molar-refractivity contribution in [3.05, 3.63) is 12.4 Å². The summed E-state index contributed by atoms with van der Waals surface area (Å²) in [4.78, 5) is 2.35. The Hall–Kier alpha value is -0.660. The Morgan fingerprint density at radius 1 is 1.62 bits per heavy atom. The van der Waals surface area contributed by atoms with Crippen LogP contribution in [0.3, 0.4) is 0 Å². The molecule has 0 saturated carbocycles. The van der Waals surface area contributed by atoms with Gasteiger partial charge in [-0.05, 0) is 12.8 Å². The highest BCUT2D eigenvalue weighted by Gasteiger charge is 2.22. The Kier molecular flexibility index (Phi) is 0.745. The van der Waals surface area contributed by atoms with Gasteiger partial charge in [0.1, 0.15) is 0 Å². The Bertz CT molecular complexity index is 120. The summed E-state index contributed by atoms with van der Waals surface area (Å²) in [6, 6.07) is 0. The van der Waals surface area contributed by atoms with E-state index < -0.39 is 0 Å². The van der Waals surface area contributed by atoms with Crippen LogP contribution in [-0.2, 0) is 0 Å². The average molecular weight is 110 g/mol. The highest BCUT2D eigenvalue weighted by molar-refractivity contribution is 4.97. The maximum atomic E-state index is 3.26. The predicted octanol–water partition coefficient (Wildman–Crippen LogP) is 0.483. The molecule has 0 aromatic heterocycles. The molecule has 1 saturated heterocycles. The van der Waals surface area contributed by atoms with Crippen LogP contribution in [0.1, 0.15) is 12.8 Å². The van der Waals surface area contributed by atoms with Gasteiger partial charge in [0, 0.05) is 18.9 Å². The lowest BCUT2D eigenvalue weighted by Crippen LogP contribution is -2.28. The first-order valence-corrected chi connectivity index (χ1v) is 3.15. The van der Waals surface area contributed by atoms with Gasteiger partial charge in [-0.1, -0.05) is 0 Å². The van der Waals surface area contributed by atoms with Crippen LogP contribution in [-0.4, -0.2) is 17.6 Å². The molecule has 2 rings (SSSR count). The van der Waals surface area contributed by atoms with Gasteiger partial charge in [0.15, 0.2) is 0 Å². The molecule has 0 aromatic rings. The van der Waals surface area contributed by atoms with E-state index in [1.54, 1.807) is 0 Å². The van der Waals surface area contributed by atoms with Gasteiger partial charge in [0.2, 0.25) is 0 Å². The number of rotatable bonds is 0. The van der Waals surface area contributed by atoms with Gasteiger partial charge in [0.25, 0.3) is 0 Å². The SMILES string of the molecule is C1=CN2CCCC2N1. The molecular formula is C6H10N2. The van der Waals surface area contributed by atoms with Crippen molar-refractivity contribution < 1.29 is 0 Å². The van der Waals surface area contributed by atoms with Gasteiger partial charge >= 0.3 is 0 Å². The summed E-state index contributed by atoms with van der Waals surface area (Å²) < 4.78 is 0. The highest BCUT2D eigenvalue weighted by atomic mass is 15.3. The molecule has 44 valence electrons. The second-order valence-electron chi connectivity index (χ2n) is 2.38. The van der Waals surface area contributed by atoms with Gasteiger partial charge in [-0.25, -0.2) is 0 Å². The van der Waals surface area contributed by atoms with Gasteiger partial charge in [-0.2, -0.15) is 0 Å². The Morgan fingerprint density at radius 3 is 3.50 bits per heavy atom. The van der Waals surface area contributed by atoms with Crippen LogP contribution in [0.4, 0.5) is 0 Å². The Balaban J connectivity index is 2.13. The minimum Gasteiger partial charge on any atom is -0.370 e. The summed E-state index contributed by atoms with van der Waals surface area (Å²) in [5.41, 5.74) is 0. The average Bonchev–Trinajstić information content (AvgIpc) is 2.15. The third-order valence-electron chi connectivity index (χ3n) is 1.85. The zero-order valence-corrected chi connectivity index (χ0v) is 4.80. The topological polar surface area (TPSA) is 15.3 Å². The quantitative estimate of drug-likeness (QED) is 0.488. The highest BCUT2D eigenvalue weighted by Crippen LogP contribution is 2.17. The van der Waals surface area contributed by atoms with Crippen molar-refractivity contribution in [1.82, 2.24) is 10.2 Å². The van der Waals surface area contributed by atoms with E-state index in [2.05, 4.69) is 16.4 Å². The van der Waals surface area contributed by atoms with Gasteiger partial charge < -0.3 is 10.2 Å². The van der Waals surface area contributed by atoms with Gasteiger partial charge in [-0.3, -0.25) is 0 Å². The third kappa shape index (κ3) is 0.427. The zero-order chi connectivity index (χ0) is 5.40. The van der Waals surface area contributed by atoms with E-state index in [9.17, 15) is 0 Å². The molecule has 0 radical (unpaired) electrons. The van der Waals surface area contributed by atoms with Crippen molar-refractivity contribution in [2.24, 2.45) is 0 Å². The van der Waals surface area contributed by atoms with Crippen LogP contribution in [0.5, 0.6) is 0 Å². The molecule has 8 heavy (non-hydrogen) atoms. The number of nitrogens with zero attached hydrogens (tertiary/aromatic N) is 1. The summed E-state index contributed by atoms with van der Waals surface area (Å²) >= 11 is 0. The molecule has 0 amide bonds. The molecular weight excluding hydrogens is 100 g/mol. The summed E-state index contributed by atoms with van der Waals surface area (Å²) in [6.45, 7) is 1.24. The first kappa shape index (κ1) is 4.24. The van der Waals surface area contributed by atoms with Crippen molar-refractivity contribution in [3.8, 4) is 0 Å². The van der Waals surface area contributed by atoms with Crippen molar-refractivity contribution in [2.45, 2.75) is 19.0 Å². The Labute approximate surface area is 49.2 Å². The lowest BCUT2D eigenvalue weighted by Gasteiger charge is -2.14. The molecule has 1 fully saturated rings. The molecule has 1 atom stereocenters. The standard InChI is InChI=1S/C6H10N2/c1-2-6-7-3-5-8(6)4-1/h3,5-7H,1-2,4H2. The monoisotopic (exact) mass is 110 g/mol. The molecule has 1 unspecified atom stereocenters. The fourth-order valence-electron chi connectivity index (χ4n) is 1.40. The predicted molar refractivity (Wildman–Crippen MR) is 32.0 cm³/mol. The second kappa shape index (κ2) is 1.41. The fraction of sp³-hybridized carbons (Fsp3) is 0.667. The van der Waals surface area contributed by atoms with Gasteiger partial charge in [-0.15, -0.1) is 0 Å². The molecule has 0 aliphatic carbocycles. The first-order chi connectivity index (χ1) is 3.97. The van der Waals surface area contributed by atoms with Crippen LogP contribution in [0, 0.1) is 0 Å². The largest absolute Gasteiger partial charge is 0.370 e. The molecule has 0 spiro atoms. The first-order valence-electron chi connectivity index (χ1n) is 3.15. The lowest BCUT2D eigenvalue weighted by atomic mass is 10.3. The minimum atomic E-state index is 0.648. The lowest BCUT2D eigenvalue weighted by molar-refractivity contribution is 0.355. The summed E-state index contributed by atoms with van der Waals surface area (Å²) in [5.74, 6) is 0.